The third-order valence-electron chi connectivity index (χ3n) is 5.10. The van der Waals surface area contributed by atoms with E-state index in [0.717, 1.165) is 19.5 Å². The van der Waals surface area contributed by atoms with Crippen LogP contribution in [0.5, 0.6) is 0 Å². The lowest BCUT2D eigenvalue weighted by atomic mass is 10.1. The topological polar surface area (TPSA) is 45.7 Å². The van der Waals surface area contributed by atoms with Crippen LogP contribution in [0.4, 0.5) is 10.6 Å². The molecule has 2 aromatic rings. The standard InChI is InChI=1S/C24H33N3O2/c1-18(2)27(23(28)29-24(3,4)5)22-14-13-20(16-25-22)21-12-9-15-26(21)17-19-10-7-6-8-11-19/h6-8,10-11,13-14,16,18,21H,9,12,15,17H2,1-5H3. The molecule has 1 saturated heterocycles. The summed E-state index contributed by atoms with van der Waals surface area (Å²) in [5.41, 5.74) is 2.00. The van der Waals surface area contributed by atoms with Crippen LogP contribution in [0.3, 0.4) is 0 Å². The number of pyridine rings is 1. The molecule has 1 aromatic carbocycles. The van der Waals surface area contributed by atoms with Crippen molar-refractivity contribution in [3.05, 3.63) is 59.8 Å². The van der Waals surface area contributed by atoms with Crippen molar-refractivity contribution in [1.82, 2.24) is 9.88 Å². The second kappa shape index (κ2) is 8.95. The molecule has 1 aromatic heterocycles. The van der Waals surface area contributed by atoms with E-state index in [0.29, 0.717) is 11.9 Å². The van der Waals surface area contributed by atoms with E-state index < -0.39 is 5.60 Å². The first kappa shape index (κ1) is 21.3. The van der Waals surface area contributed by atoms with Crippen molar-refractivity contribution in [1.29, 1.82) is 0 Å². The van der Waals surface area contributed by atoms with Crippen molar-refractivity contribution in [2.24, 2.45) is 0 Å². The van der Waals surface area contributed by atoms with E-state index in [4.69, 9.17) is 4.74 Å². The predicted octanol–water partition coefficient (Wildman–Crippen LogP) is 5.57. The number of anilines is 1. The van der Waals surface area contributed by atoms with Gasteiger partial charge in [0.15, 0.2) is 0 Å². The maximum absolute atomic E-state index is 12.7. The first-order valence-corrected chi connectivity index (χ1v) is 10.5. The number of likely N-dealkylation sites (tertiary alicyclic amines) is 1. The molecule has 0 saturated carbocycles. The molecule has 5 heteroatoms. The molecule has 1 aliphatic rings. The lowest BCUT2D eigenvalue weighted by Gasteiger charge is -2.30. The summed E-state index contributed by atoms with van der Waals surface area (Å²) in [5, 5.41) is 0. The largest absolute Gasteiger partial charge is 0.443 e. The summed E-state index contributed by atoms with van der Waals surface area (Å²) in [6.07, 6.45) is 3.88. The van der Waals surface area contributed by atoms with Gasteiger partial charge in [-0.3, -0.25) is 9.80 Å². The van der Waals surface area contributed by atoms with Crippen LogP contribution in [0, 0.1) is 0 Å². The molecule has 0 radical (unpaired) electrons. The Balaban J connectivity index is 1.75. The fourth-order valence-electron chi connectivity index (χ4n) is 3.83. The first-order valence-electron chi connectivity index (χ1n) is 10.5. The van der Waals surface area contributed by atoms with Crippen LogP contribution in [0.2, 0.25) is 0 Å². The van der Waals surface area contributed by atoms with E-state index in [-0.39, 0.29) is 12.1 Å². The van der Waals surface area contributed by atoms with Gasteiger partial charge in [0.05, 0.1) is 0 Å². The average molecular weight is 396 g/mol. The fraction of sp³-hybridized carbons (Fsp3) is 0.500. The third-order valence-corrected chi connectivity index (χ3v) is 5.10. The van der Waals surface area contributed by atoms with E-state index in [1.54, 1.807) is 4.90 Å². The molecule has 0 bridgehead atoms. The van der Waals surface area contributed by atoms with E-state index in [1.807, 2.05) is 46.9 Å². The monoisotopic (exact) mass is 395 g/mol. The molecular weight excluding hydrogens is 362 g/mol. The molecule has 2 heterocycles. The van der Waals surface area contributed by atoms with Gasteiger partial charge in [0, 0.05) is 24.8 Å². The molecule has 0 aliphatic carbocycles. The molecule has 3 rings (SSSR count). The lowest BCUT2D eigenvalue weighted by Crippen LogP contribution is -2.41. The van der Waals surface area contributed by atoms with Crippen molar-refractivity contribution >= 4 is 11.9 Å². The van der Waals surface area contributed by atoms with Gasteiger partial charge in [0.1, 0.15) is 11.4 Å². The van der Waals surface area contributed by atoms with Crippen LogP contribution in [0.25, 0.3) is 0 Å². The van der Waals surface area contributed by atoms with Crippen LogP contribution in [0.15, 0.2) is 48.7 Å². The number of carbonyl (C=O) groups is 1. The maximum Gasteiger partial charge on any atom is 0.416 e. The fourth-order valence-corrected chi connectivity index (χ4v) is 3.83. The van der Waals surface area contributed by atoms with E-state index in [9.17, 15) is 4.79 Å². The summed E-state index contributed by atoms with van der Waals surface area (Å²) in [7, 11) is 0. The molecule has 1 aliphatic heterocycles. The van der Waals surface area contributed by atoms with Crippen molar-refractivity contribution < 1.29 is 9.53 Å². The number of ether oxygens (including phenoxy) is 1. The summed E-state index contributed by atoms with van der Waals surface area (Å²) in [5.74, 6) is 0.630. The molecule has 5 nitrogen and oxygen atoms in total. The minimum absolute atomic E-state index is 0.0377. The van der Waals surface area contributed by atoms with E-state index in [1.165, 1.54) is 17.5 Å². The highest BCUT2D eigenvalue weighted by Gasteiger charge is 2.29. The summed E-state index contributed by atoms with van der Waals surface area (Å²) in [6.45, 7) is 11.6. The molecule has 1 unspecified atom stereocenters. The predicted molar refractivity (Wildman–Crippen MR) is 117 cm³/mol. The van der Waals surface area contributed by atoms with Gasteiger partial charge < -0.3 is 4.74 Å². The molecule has 1 amide bonds. The van der Waals surface area contributed by atoms with Crippen LogP contribution in [-0.4, -0.2) is 34.2 Å². The van der Waals surface area contributed by atoms with Crippen molar-refractivity contribution in [3.63, 3.8) is 0 Å². The highest BCUT2D eigenvalue weighted by molar-refractivity contribution is 5.87. The van der Waals surface area contributed by atoms with Gasteiger partial charge in [0.2, 0.25) is 0 Å². The maximum atomic E-state index is 12.7. The Hall–Kier alpha value is -2.40. The zero-order chi connectivity index (χ0) is 21.0. The summed E-state index contributed by atoms with van der Waals surface area (Å²) in [4.78, 5) is 21.4. The normalized spacial score (nSPS) is 17.5. The van der Waals surface area contributed by atoms with Crippen molar-refractivity contribution in [2.45, 2.75) is 71.7 Å². The van der Waals surface area contributed by atoms with Gasteiger partial charge in [-0.15, -0.1) is 0 Å². The Morgan fingerprint density at radius 1 is 1.21 bits per heavy atom. The smallest absolute Gasteiger partial charge is 0.416 e. The third kappa shape index (κ3) is 5.57. The van der Waals surface area contributed by atoms with Crippen LogP contribution in [0.1, 0.15) is 64.6 Å². The number of rotatable bonds is 5. The molecule has 1 atom stereocenters. The Morgan fingerprint density at radius 2 is 1.93 bits per heavy atom. The Bertz CT molecular complexity index is 797. The molecule has 0 spiro atoms. The van der Waals surface area contributed by atoms with Gasteiger partial charge in [-0.25, -0.2) is 9.78 Å². The zero-order valence-electron chi connectivity index (χ0n) is 18.3. The van der Waals surface area contributed by atoms with Gasteiger partial charge >= 0.3 is 6.09 Å². The van der Waals surface area contributed by atoms with Crippen molar-refractivity contribution in [3.8, 4) is 0 Å². The SMILES string of the molecule is CC(C)N(C(=O)OC(C)(C)C)c1ccc(C2CCCN2Cc2ccccc2)cn1. The highest BCUT2D eigenvalue weighted by Crippen LogP contribution is 2.33. The summed E-state index contributed by atoms with van der Waals surface area (Å²) in [6, 6.07) is 15.0. The molecule has 0 N–H and O–H groups in total. The number of hydrogen-bond donors (Lipinski definition) is 0. The van der Waals surface area contributed by atoms with Gasteiger partial charge in [-0.2, -0.15) is 0 Å². The molecule has 29 heavy (non-hydrogen) atoms. The molecule has 156 valence electrons. The number of amides is 1. The Morgan fingerprint density at radius 3 is 2.52 bits per heavy atom. The summed E-state index contributed by atoms with van der Waals surface area (Å²) < 4.78 is 5.57. The minimum atomic E-state index is -0.536. The Kier molecular flexibility index (Phi) is 6.58. The summed E-state index contributed by atoms with van der Waals surface area (Å²) >= 11 is 0. The first-order chi connectivity index (χ1) is 13.7. The zero-order valence-corrected chi connectivity index (χ0v) is 18.3. The van der Waals surface area contributed by atoms with E-state index >= 15 is 0 Å². The lowest BCUT2D eigenvalue weighted by molar-refractivity contribution is 0.0569. The number of benzene rings is 1. The Labute approximate surface area is 174 Å². The quantitative estimate of drug-likeness (QED) is 0.664. The van der Waals surface area contributed by atoms with Crippen LogP contribution < -0.4 is 4.90 Å². The van der Waals surface area contributed by atoms with Gasteiger partial charge in [-0.1, -0.05) is 36.4 Å². The minimum Gasteiger partial charge on any atom is -0.443 e. The van der Waals surface area contributed by atoms with Crippen LogP contribution >= 0.6 is 0 Å². The number of hydrogen-bond acceptors (Lipinski definition) is 4. The number of nitrogens with zero attached hydrogens (tertiary/aromatic N) is 3. The molecular formula is C24H33N3O2. The van der Waals surface area contributed by atoms with Crippen molar-refractivity contribution in [2.75, 3.05) is 11.4 Å². The van der Waals surface area contributed by atoms with Gasteiger partial charge in [0.25, 0.3) is 0 Å². The van der Waals surface area contributed by atoms with Crippen LogP contribution in [-0.2, 0) is 11.3 Å². The van der Waals surface area contributed by atoms with E-state index in [2.05, 4.69) is 46.3 Å². The van der Waals surface area contributed by atoms with Gasteiger partial charge in [-0.05, 0) is 71.2 Å². The second-order valence-corrected chi connectivity index (χ2v) is 9.01. The molecule has 1 fully saturated rings. The highest BCUT2D eigenvalue weighted by atomic mass is 16.6. The second-order valence-electron chi connectivity index (χ2n) is 9.01. The number of aromatic nitrogens is 1. The average Bonchev–Trinajstić information content (AvgIpc) is 3.09. The number of carbonyl (C=O) groups excluding carboxylic acids is 1.